The molecule has 0 amide bonds. The number of aliphatic hydroxyl groups excluding tert-OH is 1. The van der Waals surface area contributed by atoms with Gasteiger partial charge >= 0.3 is 0 Å². The van der Waals surface area contributed by atoms with Crippen molar-refractivity contribution < 1.29 is 13.5 Å². The Balaban J connectivity index is 2.19. The van der Waals surface area contributed by atoms with Gasteiger partial charge in [-0.1, -0.05) is 6.92 Å². The maximum absolute atomic E-state index is 12.3. The third-order valence-corrected chi connectivity index (χ3v) is 6.65. The summed E-state index contributed by atoms with van der Waals surface area (Å²) in [6, 6.07) is 3.56. The second kappa shape index (κ2) is 5.06. The molecular formula is C11H17NO3S2. The topological polar surface area (TPSA) is 57.6 Å². The molecule has 17 heavy (non-hydrogen) atoms. The Morgan fingerprint density at radius 1 is 1.53 bits per heavy atom. The monoisotopic (exact) mass is 275 g/mol. The van der Waals surface area contributed by atoms with Gasteiger partial charge in [0.1, 0.15) is 4.21 Å². The number of nitrogens with zero attached hydrogens (tertiary/aromatic N) is 1. The van der Waals surface area contributed by atoms with Gasteiger partial charge in [-0.25, -0.2) is 8.42 Å². The van der Waals surface area contributed by atoms with E-state index in [-0.39, 0.29) is 12.5 Å². The number of aryl methyl sites for hydroxylation is 1. The van der Waals surface area contributed by atoms with E-state index in [1.807, 2.05) is 13.0 Å². The first-order chi connectivity index (χ1) is 8.07. The highest BCUT2D eigenvalue weighted by atomic mass is 32.2. The Labute approximate surface area is 106 Å². The SMILES string of the molecule is CCc1ccc(S(=O)(=O)N2CCC(CO)C2)s1. The van der Waals surface area contributed by atoms with Crippen LogP contribution in [0, 0.1) is 5.92 Å². The molecule has 1 unspecified atom stereocenters. The zero-order valence-electron chi connectivity index (χ0n) is 9.80. The highest BCUT2D eigenvalue weighted by molar-refractivity contribution is 7.91. The van der Waals surface area contributed by atoms with Crippen LogP contribution in [-0.4, -0.2) is 37.5 Å². The van der Waals surface area contributed by atoms with Crippen molar-refractivity contribution in [1.82, 2.24) is 4.31 Å². The van der Waals surface area contributed by atoms with Crippen molar-refractivity contribution >= 4 is 21.4 Å². The lowest BCUT2D eigenvalue weighted by atomic mass is 10.1. The van der Waals surface area contributed by atoms with Gasteiger partial charge in [0, 0.05) is 24.6 Å². The molecule has 0 radical (unpaired) electrons. The van der Waals surface area contributed by atoms with E-state index < -0.39 is 10.0 Å². The molecule has 1 aromatic rings. The van der Waals surface area contributed by atoms with E-state index in [4.69, 9.17) is 5.11 Å². The molecule has 1 saturated heterocycles. The zero-order valence-corrected chi connectivity index (χ0v) is 11.4. The fourth-order valence-electron chi connectivity index (χ4n) is 1.98. The summed E-state index contributed by atoms with van der Waals surface area (Å²) in [5, 5.41) is 9.04. The van der Waals surface area contributed by atoms with E-state index in [0.717, 1.165) is 17.7 Å². The highest BCUT2D eigenvalue weighted by Gasteiger charge is 2.32. The van der Waals surface area contributed by atoms with Crippen LogP contribution < -0.4 is 0 Å². The molecule has 0 aromatic carbocycles. The van der Waals surface area contributed by atoms with E-state index in [1.54, 1.807) is 6.07 Å². The second-order valence-electron chi connectivity index (χ2n) is 4.27. The molecule has 6 heteroatoms. The summed E-state index contributed by atoms with van der Waals surface area (Å²) >= 11 is 1.34. The minimum absolute atomic E-state index is 0.0661. The molecule has 2 heterocycles. The predicted molar refractivity (Wildman–Crippen MR) is 67.6 cm³/mol. The van der Waals surface area contributed by atoms with Gasteiger partial charge in [-0.15, -0.1) is 11.3 Å². The van der Waals surface area contributed by atoms with Gasteiger partial charge in [-0.2, -0.15) is 4.31 Å². The third kappa shape index (κ3) is 2.54. The average Bonchev–Trinajstić information content (AvgIpc) is 2.98. The molecular weight excluding hydrogens is 258 g/mol. The molecule has 0 spiro atoms. The van der Waals surface area contributed by atoms with E-state index >= 15 is 0 Å². The lowest BCUT2D eigenvalue weighted by Gasteiger charge is -2.14. The molecule has 0 aliphatic carbocycles. The van der Waals surface area contributed by atoms with Crippen LogP contribution in [0.25, 0.3) is 0 Å². The first-order valence-corrected chi connectivity index (χ1v) is 8.03. The summed E-state index contributed by atoms with van der Waals surface area (Å²) in [7, 11) is -3.33. The molecule has 1 atom stereocenters. The fourth-order valence-corrected chi connectivity index (χ4v) is 4.96. The van der Waals surface area contributed by atoms with Crippen LogP contribution in [-0.2, 0) is 16.4 Å². The normalized spacial score (nSPS) is 22.1. The Morgan fingerprint density at radius 2 is 2.29 bits per heavy atom. The minimum Gasteiger partial charge on any atom is -0.396 e. The molecule has 1 aliphatic rings. The Morgan fingerprint density at radius 3 is 2.82 bits per heavy atom. The van der Waals surface area contributed by atoms with Crippen LogP contribution in [0.15, 0.2) is 16.3 Å². The number of rotatable bonds is 4. The van der Waals surface area contributed by atoms with Crippen molar-refractivity contribution in [3.63, 3.8) is 0 Å². The van der Waals surface area contributed by atoms with Gasteiger partial charge < -0.3 is 5.11 Å². The van der Waals surface area contributed by atoms with Crippen molar-refractivity contribution in [2.45, 2.75) is 24.0 Å². The summed E-state index contributed by atoms with van der Waals surface area (Å²) in [5.41, 5.74) is 0. The Hall–Kier alpha value is -0.430. The molecule has 4 nitrogen and oxygen atoms in total. The van der Waals surface area contributed by atoms with E-state index in [9.17, 15) is 8.42 Å². The van der Waals surface area contributed by atoms with Gasteiger partial charge in [-0.05, 0) is 30.9 Å². The molecule has 1 aromatic heterocycles. The third-order valence-electron chi connectivity index (χ3n) is 3.09. The minimum atomic E-state index is -3.33. The van der Waals surface area contributed by atoms with Gasteiger partial charge in [-0.3, -0.25) is 0 Å². The fraction of sp³-hybridized carbons (Fsp3) is 0.636. The van der Waals surface area contributed by atoms with E-state index in [0.29, 0.717) is 17.3 Å². The van der Waals surface area contributed by atoms with E-state index in [2.05, 4.69) is 0 Å². The second-order valence-corrected chi connectivity index (χ2v) is 7.61. The van der Waals surface area contributed by atoms with Crippen LogP contribution in [0.2, 0.25) is 0 Å². The van der Waals surface area contributed by atoms with Gasteiger partial charge in [0.05, 0.1) is 0 Å². The molecule has 96 valence electrons. The lowest BCUT2D eigenvalue weighted by Crippen LogP contribution is -2.28. The van der Waals surface area contributed by atoms with Crippen molar-refractivity contribution in [3.05, 3.63) is 17.0 Å². The van der Waals surface area contributed by atoms with Crippen LogP contribution >= 0.6 is 11.3 Å². The molecule has 1 fully saturated rings. The van der Waals surface area contributed by atoms with Gasteiger partial charge in [0.15, 0.2) is 0 Å². The van der Waals surface area contributed by atoms with Crippen LogP contribution in [0.1, 0.15) is 18.2 Å². The molecule has 1 aliphatic heterocycles. The Bertz CT molecular complexity index is 481. The molecule has 0 bridgehead atoms. The van der Waals surface area contributed by atoms with Gasteiger partial charge in [0.25, 0.3) is 10.0 Å². The van der Waals surface area contributed by atoms with Crippen LogP contribution in [0.3, 0.4) is 0 Å². The number of hydrogen-bond acceptors (Lipinski definition) is 4. The Kier molecular flexibility index (Phi) is 3.87. The number of aliphatic hydroxyl groups is 1. The summed E-state index contributed by atoms with van der Waals surface area (Å²) < 4.78 is 26.5. The molecule has 1 N–H and O–H groups in total. The summed E-state index contributed by atoms with van der Waals surface area (Å²) in [5.74, 6) is 0.0929. The standard InChI is InChI=1S/C11H17NO3S2/c1-2-10-3-4-11(16-10)17(14,15)12-6-5-9(7-12)8-13/h3-4,9,13H,2,5-8H2,1H3. The average molecular weight is 275 g/mol. The number of hydrogen-bond donors (Lipinski definition) is 1. The van der Waals surface area contributed by atoms with Crippen LogP contribution in [0.4, 0.5) is 0 Å². The number of thiophene rings is 1. The van der Waals surface area contributed by atoms with Crippen molar-refractivity contribution in [2.24, 2.45) is 5.92 Å². The van der Waals surface area contributed by atoms with Crippen molar-refractivity contribution in [3.8, 4) is 0 Å². The summed E-state index contributed by atoms with van der Waals surface area (Å²) in [6.07, 6.45) is 1.61. The maximum atomic E-state index is 12.3. The smallest absolute Gasteiger partial charge is 0.252 e. The highest BCUT2D eigenvalue weighted by Crippen LogP contribution is 2.28. The van der Waals surface area contributed by atoms with Crippen molar-refractivity contribution in [2.75, 3.05) is 19.7 Å². The maximum Gasteiger partial charge on any atom is 0.252 e. The van der Waals surface area contributed by atoms with Gasteiger partial charge in [0.2, 0.25) is 0 Å². The first kappa shape index (κ1) is 13.0. The largest absolute Gasteiger partial charge is 0.396 e. The van der Waals surface area contributed by atoms with E-state index in [1.165, 1.54) is 15.6 Å². The zero-order chi connectivity index (χ0) is 12.5. The molecule has 0 saturated carbocycles. The summed E-state index contributed by atoms with van der Waals surface area (Å²) in [4.78, 5) is 1.08. The quantitative estimate of drug-likeness (QED) is 0.901. The summed E-state index contributed by atoms with van der Waals surface area (Å²) in [6.45, 7) is 3.04. The number of sulfonamides is 1. The lowest BCUT2D eigenvalue weighted by molar-refractivity contribution is 0.233. The molecule has 2 rings (SSSR count). The predicted octanol–water partition coefficient (Wildman–Crippen LogP) is 1.31. The first-order valence-electron chi connectivity index (χ1n) is 5.77. The van der Waals surface area contributed by atoms with Crippen molar-refractivity contribution in [1.29, 1.82) is 0 Å². The van der Waals surface area contributed by atoms with Crippen LogP contribution in [0.5, 0.6) is 0 Å².